The maximum Gasteiger partial charge on any atom is 0.345 e. The van der Waals surface area contributed by atoms with Crippen molar-refractivity contribution in [1.29, 1.82) is 0 Å². The minimum Gasteiger partial charge on any atom is -0.511 e. The first-order valence-electron chi connectivity index (χ1n) is 8.45. The number of carbonyl (C=O) groups excluding carboxylic acids is 2. The van der Waals surface area contributed by atoms with Gasteiger partial charge in [-0.3, -0.25) is 4.79 Å². The molecule has 1 aliphatic heterocycles. The number of esters is 1. The highest BCUT2D eigenvalue weighted by Crippen LogP contribution is 2.18. The summed E-state index contributed by atoms with van der Waals surface area (Å²) in [5, 5.41) is 10.5. The topological polar surface area (TPSA) is 63.6 Å². The van der Waals surface area contributed by atoms with Gasteiger partial charge in [0.05, 0.1) is 0 Å². The van der Waals surface area contributed by atoms with Crippen LogP contribution in [0.25, 0.3) is 0 Å². The van der Waals surface area contributed by atoms with Gasteiger partial charge in [0, 0.05) is 23.4 Å². The Bertz CT molecular complexity index is 689. The molecule has 0 saturated carbocycles. The van der Waals surface area contributed by atoms with E-state index in [0.29, 0.717) is 11.4 Å². The Morgan fingerprint density at radius 3 is 2.44 bits per heavy atom. The van der Waals surface area contributed by atoms with Crippen molar-refractivity contribution in [3.63, 3.8) is 0 Å². The number of hydrogen-bond acceptors (Lipinski definition) is 4. The molecule has 25 heavy (non-hydrogen) atoms. The lowest BCUT2D eigenvalue weighted by Gasteiger charge is -2.02. The third kappa shape index (κ3) is 6.28. The van der Waals surface area contributed by atoms with E-state index >= 15 is 0 Å². The Balaban J connectivity index is 1.57. The number of rotatable bonds is 7. The van der Waals surface area contributed by atoms with Crippen LogP contribution in [-0.4, -0.2) is 23.5 Å². The van der Waals surface area contributed by atoms with E-state index in [1.165, 1.54) is 0 Å². The molecule has 0 amide bonds. The number of aliphatic hydroxyl groups excluding tert-OH is 1. The molecule has 4 nitrogen and oxygen atoms in total. The molecule has 1 heterocycles. The number of Topliss-reactive ketones (excluding diaryl/α,β-unsaturated/α-hetero) is 1. The van der Waals surface area contributed by atoms with Gasteiger partial charge in [0.2, 0.25) is 5.78 Å². The third-order valence-electron chi connectivity index (χ3n) is 3.90. The van der Waals surface area contributed by atoms with Crippen LogP contribution in [0.4, 0.5) is 0 Å². The predicted octanol–water partition coefficient (Wildman–Crippen LogP) is 4.36. The van der Waals surface area contributed by atoms with E-state index in [2.05, 4.69) is 16.6 Å². The van der Waals surface area contributed by atoms with Crippen molar-refractivity contribution in [1.82, 2.24) is 0 Å². The quantitative estimate of drug-likeness (QED) is 0.196. The van der Waals surface area contributed by atoms with Crippen LogP contribution in [0.15, 0.2) is 35.6 Å². The first-order chi connectivity index (χ1) is 12.1. The zero-order chi connectivity index (χ0) is 18.1. The fourth-order valence-electron chi connectivity index (χ4n) is 2.53. The Labute approximate surface area is 152 Å². The van der Waals surface area contributed by atoms with Gasteiger partial charge >= 0.3 is 5.97 Å². The van der Waals surface area contributed by atoms with Crippen LogP contribution < -0.4 is 0 Å². The van der Waals surface area contributed by atoms with Crippen LogP contribution in [-0.2, 0) is 14.3 Å². The first kappa shape index (κ1) is 19.1. The van der Waals surface area contributed by atoms with E-state index in [-0.39, 0.29) is 17.9 Å². The van der Waals surface area contributed by atoms with E-state index in [1.54, 1.807) is 0 Å². The molecule has 132 valence electrons. The standard InChI is InChI=1S/C20H21ClO4/c21-16-12-10-15(11-13-16)8-6-4-2-1-3-5-7-9-17(22)19-18(23)14-25-20(19)24/h10-13,22H,1-5,7,9,14H2/b19-17+. The van der Waals surface area contributed by atoms with Gasteiger partial charge in [-0.2, -0.15) is 0 Å². The molecule has 0 aromatic heterocycles. The van der Waals surface area contributed by atoms with Gasteiger partial charge in [0.15, 0.2) is 6.61 Å². The lowest BCUT2D eigenvalue weighted by molar-refractivity contribution is -0.135. The molecule has 0 spiro atoms. The molecular weight excluding hydrogens is 340 g/mol. The average Bonchev–Trinajstić information content (AvgIpc) is 2.93. The Kier molecular flexibility index (Phi) is 7.56. The molecule has 0 atom stereocenters. The summed E-state index contributed by atoms with van der Waals surface area (Å²) in [5.74, 6) is 4.98. The maximum absolute atomic E-state index is 11.4. The van der Waals surface area contributed by atoms with Gasteiger partial charge in [0.1, 0.15) is 11.3 Å². The zero-order valence-corrected chi connectivity index (χ0v) is 14.8. The molecule has 0 aliphatic carbocycles. The summed E-state index contributed by atoms with van der Waals surface area (Å²) in [7, 11) is 0. The van der Waals surface area contributed by atoms with Crippen LogP contribution in [0, 0.1) is 11.8 Å². The fraction of sp³-hybridized carbons (Fsp3) is 0.400. The van der Waals surface area contributed by atoms with Crippen LogP contribution >= 0.6 is 11.6 Å². The summed E-state index contributed by atoms with van der Waals surface area (Å²) in [5.41, 5.74) is 0.797. The van der Waals surface area contributed by atoms with Gasteiger partial charge in [-0.25, -0.2) is 4.79 Å². The molecule has 1 aromatic rings. The predicted molar refractivity (Wildman–Crippen MR) is 96.3 cm³/mol. The number of benzene rings is 1. The zero-order valence-electron chi connectivity index (χ0n) is 14.0. The summed E-state index contributed by atoms with van der Waals surface area (Å²) in [6.07, 6.45) is 5.98. The molecule has 0 unspecified atom stereocenters. The number of halogens is 1. The Hall–Kier alpha value is -2.25. The highest BCUT2D eigenvalue weighted by Gasteiger charge is 2.31. The van der Waals surface area contributed by atoms with Crippen molar-refractivity contribution in [3.05, 3.63) is 46.2 Å². The molecule has 5 heteroatoms. The summed E-state index contributed by atoms with van der Waals surface area (Å²) < 4.78 is 4.59. The minimum absolute atomic E-state index is 0.138. The van der Waals surface area contributed by atoms with Gasteiger partial charge in [-0.05, 0) is 37.1 Å². The second-order valence-electron chi connectivity index (χ2n) is 5.90. The van der Waals surface area contributed by atoms with Crippen molar-refractivity contribution >= 4 is 23.4 Å². The molecule has 1 saturated heterocycles. The number of ether oxygens (including phenoxy) is 1. The van der Waals surface area contributed by atoms with Crippen LogP contribution in [0.1, 0.15) is 50.5 Å². The molecule has 1 N–H and O–H groups in total. The first-order valence-corrected chi connectivity index (χ1v) is 8.82. The molecule has 0 radical (unpaired) electrons. The summed E-state index contributed by atoms with van der Waals surface area (Å²) >= 11 is 5.82. The lowest BCUT2D eigenvalue weighted by Crippen LogP contribution is -2.05. The Morgan fingerprint density at radius 1 is 1.08 bits per heavy atom. The van der Waals surface area contributed by atoms with Crippen molar-refractivity contribution in [2.45, 2.75) is 44.9 Å². The average molecular weight is 361 g/mol. The number of hydrogen-bond donors (Lipinski definition) is 1. The van der Waals surface area contributed by atoms with Crippen molar-refractivity contribution < 1.29 is 19.4 Å². The van der Waals surface area contributed by atoms with E-state index in [0.717, 1.165) is 44.1 Å². The molecule has 2 rings (SSSR count). The van der Waals surface area contributed by atoms with E-state index in [1.807, 2.05) is 24.3 Å². The van der Waals surface area contributed by atoms with Crippen molar-refractivity contribution in [3.8, 4) is 11.8 Å². The van der Waals surface area contributed by atoms with Crippen molar-refractivity contribution in [2.75, 3.05) is 6.61 Å². The number of unbranched alkanes of at least 4 members (excludes halogenated alkanes) is 5. The smallest absolute Gasteiger partial charge is 0.345 e. The molecule has 1 aromatic carbocycles. The normalized spacial score (nSPS) is 15.6. The minimum atomic E-state index is -0.707. The lowest BCUT2D eigenvalue weighted by atomic mass is 10.1. The molecule has 1 fully saturated rings. The number of carbonyl (C=O) groups is 2. The monoisotopic (exact) mass is 360 g/mol. The van der Waals surface area contributed by atoms with Gasteiger partial charge in [0.25, 0.3) is 0 Å². The second-order valence-corrected chi connectivity index (χ2v) is 6.33. The van der Waals surface area contributed by atoms with E-state index in [9.17, 15) is 14.7 Å². The summed E-state index contributed by atoms with van der Waals surface area (Å²) in [6.45, 7) is -0.255. The number of aliphatic hydroxyl groups is 1. The highest BCUT2D eigenvalue weighted by atomic mass is 35.5. The molecular formula is C20H21ClO4. The summed E-state index contributed by atoms with van der Waals surface area (Å²) in [6, 6.07) is 7.46. The van der Waals surface area contributed by atoms with Crippen LogP contribution in [0.2, 0.25) is 5.02 Å². The van der Waals surface area contributed by atoms with Gasteiger partial charge in [-0.15, -0.1) is 0 Å². The van der Waals surface area contributed by atoms with Crippen LogP contribution in [0.5, 0.6) is 0 Å². The van der Waals surface area contributed by atoms with E-state index < -0.39 is 11.8 Å². The maximum atomic E-state index is 11.4. The number of cyclic esters (lactones) is 1. The number of ketones is 1. The highest BCUT2D eigenvalue weighted by molar-refractivity contribution is 6.30. The second kappa shape index (κ2) is 9.90. The Morgan fingerprint density at radius 2 is 1.76 bits per heavy atom. The van der Waals surface area contributed by atoms with Crippen molar-refractivity contribution in [2.24, 2.45) is 0 Å². The molecule has 0 bridgehead atoms. The largest absolute Gasteiger partial charge is 0.511 e. The fourth-order valence-corrected chi connectivity index (χ4v) is 2.65. The molecule has 1 aliphatic rings. The number of allylic oxidation sites excluding steroid dienone is 1. The summed E-state index contributed by atoms with van der Waals surface area (Å²) in [4.78, 5) is 22.7. The third-order valence-corrected chi connectivity index (χ3v) is 4.15. The van der Waals surface area contributed by atoms with E-state index in [4.69, 9.17) is 11.6 Å². The van der Waals surface area contributed by atoms with Crippen LogP contribution in [0.3, 0.4) is 0 Å². The van der Waals surface area contributed by atoms with Gasteiger partial charge < -0.3 is 9.84 Å². The van der Waals surface area contributed by atoms with Gasteiger partial charge in [-0.1, -0.05) is 42.7 Å². The SMILES string of the molecule is O=C1COC(=O)/C1=C(/O)CCCCCCCC#Cc1ccc(Cl)cc1.